The second kappa shape index (κ2) is 5.15. The lowest BCUT2D eigenvalue weighted by Gasteiger charge is -2.35. The van der Waals surface area contributed by atoms with Crippen molar-refractivity contribution in [2.75, 3.05) is 26.2 Å². The molecule has 4 nitrogen and oxygen atoms in total. The summed E-state index contributed by atoms with van der Waals surface area (Å²) in [6.45, 7) is 7.48. The minimum atomic E-state index is 0.0584. The van der Waals surface area contributed by atoms with Gasteiger partial charge in [0.25, 0.3) is 0 Å². The number of morpholine rings is 1. The Bertz CT molecular complexity index is 255. The maximum atomic E-state index is 11.4. The third kappa shape index (κ3) is 2.74. The van der Waals surface area contributed by atoms with E-state index < -0.39 is 0 Å². The summed E-state index contributed by atoms with van der Waals surface area (Å²) in [6, 6.07) is 0.636. The van der Waals surface area contributed by atoms with Gasteiger partial charge in [0, 0.05) is 25.0 Å². The largest absolute Gasteiger partial charge is 0.373 e. The van der Waals surface area contributed by atoms with E-state index in [1.807, 2.05) is 13.8 Å². The second-order valence-corrected chi connectivity index (χ2v) is 5.15. The molecular formula is C12H22N2O2. The van der Waals surface area contributed by atoms with Gasteiger partial charge in [-0.05, 0) is 19.4 Å². The highest BCUT2D eigenvalue weighted by molar-refractivity contribution is 5.77. The Morgan fingerprint density at radius 3 is 3.12 bits per heavy atom. The Hall–Kier alpha value is -0.610. The SMILES string of the molecule is CC(C)C(=O)NCC1CN2CCCC2CO1. The first kappa shape index (κ1) is 11.9. The van der Waals surface area contributed by atoms with Crippen LogP contribution < -0.4 is 5.32 Å². The van der Waals surface area contributed by atoms with E-state index in [1.165, 1.54) is 19.4 Å². The monoisotopic (exact) mass is 226 g/mol. The normalized spacial score (nSPS) is 30.4. The van der Waals surface area contributed by atoms with Crippen molar-refractivity contribution >= 4 is 5.91 Å². The van der Waals surface area contributed by atoms with Gasteiger partial charge in [0.15, 0.2) is 0 Å². The standard InChI is InChI=1S/C12H22N2O2/c1-9(2)12(15)13-6-11-7-14-5-3-4-10(14)8-16-11/h9-11H,3-8H2,1-2H3,(H,13,15). The zero-order valence-electron chi connectivity index (χ0n) is 10.2. The maximum Gasteiger partial charge on any atom is 0.222 e. The van der Waals surface area contributed by atoms with E-state index in [2.05, 4.69) is 10.2 Å². The first-order valence-corrected chi connectivity index (χ1v) is 6.30. The van der Waals surface area contributed by atoms with Crippen molar-refractivity contribution in [3.63, 3.8) is 0 Å². The van der Waals surface area contributed by atoms with Crippen molar-refractivity contribution in [3.05, 3.63) is 0 Å². The van der Waals surface area contributed by atoms with Crippen molar-refractivity contribution in [3.8, 4) is 0 Å². The van der Waals surface area contributed by atoms with Crippen molar-refractivity contribution in [2.45, 2.75) is 38.8 Å². The molecule has 0 aromatic carbocycles. The highest BCUT2D eigenvalue weighted by Crippen LogP contribution is 2.22. The lowest BCUT2D eigenvalue weighted by atomic mass is 10.1. The molecule has 2 atom stereocenters. The molecule has 2 fully saturated rings. The Labute approximate surface area is 97.3 Å². The first-order chi connectivity index (χ1) is 7.66. The fourth-order valence-electron chi connectivity index (χ4n) is 2.43. The molecule has 4 heteroatoms. The predicted molar refractivity (Wildman–Crippen MR) is 62.2 cm³/mol. The number of nitrogens with zero attached hydrogens (tertiary/aromatic N) is 1. The van der Waals surface area contributed by atoms with Gasteiger partial charge in [-0.2, -0.15) is 0 Å². The van der Waals surface area contributed by atoms with Gasteiger partial charge in [0.2, 0.25) is 5.91 Å². The van der Waals surface area contributed by atoms with Crippen LogP contribution in [0.2, 0.25) is 0 Å². The van der Waals surface area contributed by atoms with Crippen molar-refractivity contribution in [2.24, 2.45) is 5.92 Å². The molecule has 0 bridgehead atoms. The predicted octanol–water partition coefficient (Wildman–Crippen LogP) is 0.622. The molecule has 0 spiro atoms. The molecule has 2 rings (SSSR count). The van der Waals surface area contributed by atoms with Crippen LogP contribution in [0.25, 0.3) is 0 Å². The molecule has 0 aromatic heterocycles. The van der Waals surface area contributed by atoms with E-state index in [1.54, 1.807) is 0 Å². The number of rotatable bonds is 3. The van der Waals surface area contributed by atoms with Gasteiger partial charge in [0.05, 0.1) is 12.7 Å². The minimum Gasteiger partial charge on any atom is -0.373 e. The van der Waals surface area contributed by atoms with E-state index >= 15 is 0 Å². The molecule has 0 aliphatic carbocycles. The van der Waals surface area contributed by atoms with Crippen LogP contribution in [0.3, 0.4) is 0 Å². The molecule has 1 amide bonds. The molecule has 2 heterocycles. The van der Waals surface area contributed by atoms with Gasteiger partial charge in [-0.25, -0.2) is 0 Å². The average Bonchev–Trinajstić information content (AvgIpc) is 2.72. The third-order valence-corrected chi connectivity index (χ3v) is 3.49. The molecule has 2 aliphatic rings. The lowest BCUT2D eigenvalue weighted by Crippen LogP contribution is -2.50. The number of hydrogen-bond donors (Lipinski definition) is 1. The second-order valence-electron chi connectivity index (χ2n) is 5.15. The van der Waals surface area contributed by atoms with Crippen molar-refractivity contribution < 1.29 is 9.53 Å². The first-order valence-electron chi connectivity index (χ1n) is 6.30. The van der Waals surface area contributed by atoms with Crippen molar-refractivity contribution in [1.29, 1.82) is 0 Å². The maximum absolute atomic E-state index is 11.4. The fraction of sp³-hybridized carbons (Fsp3) is 0.917. The van der Waals surface area contributed by atoms with E-state index in [0.29, 0.717) is 12.6 Å². The summed E-state index contributed by atoms with van der Waals surface area (Å²) in [6.07, 6.45) is 2.74. The third-order valence-electron chi connectivity index (χ3n) is 3.49. The molecule has 0 radical (unpaired) electrons. The van der Waals surface area contributed by atoms with E-state index in [0.717, 1.165) is 13.2 Å². The highest BCUT2D eigenvalue weighted by atomic mass is 16.5. The molecule has 0 aromatic rings. The van der Waals surface area contributed by atoms with Crippen LogP contribution in [-0.2, 0) is 9.53 Å². The van der Waals surface area contributed by atoms with E-state index in [4.69, 9.17) is 4.74 Å². The van der Waals surface area contributed by atoms with Gasteiger partial charge >= 0.3 is 0 Å². The number of nitrogens with one attached hydrogen (secondary N) is 1. The number of carbonyl (C=O) groups is 1. The van der Waals surface area contributed by atoms with Gasteiger partial charge in [-0.1, -0.05) is 13.8 Å². The summed E-state index contributed by atoms with van der Waals surface area (Å²) < 4.78 is 5.77. The van der Waals surface area contributed by atoms with Gasteiger partial charge in [0.1, 0.15) is 0 Å². The number of carbonyl (C=O) groups excluding carboxylic acids is 1. The lowest BCUT2D eigenvalue weighted by molar-refractivity contribution is -0.125. The van der Waals surface area contributed by atoms with Crippen LogP contribution in [0.4, 0.5) is 0 Å². The van der Waals surface area contributed by atoms with E-state index in [-0.39, 0.29) is 17.9 Å². The smallest absolute Gasteiger partial charge is 0.222 e. The average molecular weight is 226 g/mol. The fourth-order valence-corrected chi connectivity index (χ4v) is 2.43. The molecule has 2 unspecified atom stereocenters. The zero-order chi connectivity index (χ0) is 11.5. The van der Waals surface area contributed by atoms with Crippen LogP contribution in [-0.4, -0.2) is 49.2 Å². The summed E-state index contributed by atoms with van der Waals surface area (Å²) in [4.78, 5) is 13.9. The number of amides is 1. The number of fused-ring (bicyclic) bond motifs is 1. The Morgan fingerprint density at radius 2 is 2.38 bits per heavy atom. The van der Waals surface area contributed by atoms with Gasteiger partial charge in [-0.15, -0.1) is 0 Å². The summed E-state index contributed by atoms with van der Waals surface area (Å²) in [5.41, 5.74) is 0. The highest BCUT2D eigenvalue weighted by Gasteiger charge is 2.32. The van der Waals surface area contributed by atoms with Crippen LogP contribution >= 0.6 is 0 Å². The number of ether oxygens (including phenoxy) is 1. The molecule has 0 saturated carbocycles. The zero-order valence-corrected chi connectivity index (χ0v) is 10.2. The molecule has 16 heavy (non-hydrogen) atoms. The minimum absolute atomic E-state index is 0.0584. The van der Waals surface area contributed by atoms with Crippen LogP contribution in [0.1, 0.15) is 26.7 Å². The summed E-state index contributed by atoms with van der Waals surface area (Å²) in [5, 5.41) is 2.94. The molecular weight excluding hydrogens is 204 g/mol. The Kier molecular flexibility index (Phi) is 3.82. The topological polar surface area (TPSA) is 41.6 Å². The molecule has 92 valence electrons. The quantitative estimate of drug-likeness (QED) is 0.767. The molecule has 2 aliphatic heterocycles. The Morgan fingerprint density at radius 1 is 1.56 bits per heavy atom. The van der Waals surface area contributed by atoms with Crippen LogP contribution in [0.5, 0.6) is 0 Å². The van der Waals surface area contributed by atoms with Crippen LogP contribution in [0.15, 0.2) is 0 Å². The number of hydrogen-bond acceptors (Lipinski definition) is 3. The van der Waals surface area contributed by atoms with E-state index in [9.17, 15) is 4.79 Å². The van der Waals surface area contributed by atoms with Crippen LogP contribution in [0, 0.1) is 5.92 Å². The summed E-state index contributed by atoms with van der Waals surface area (Å²) >= 11 is 0. The van der Waals surface area contributed by atoms with Crippen molar-refractivity contribution in [1.82, 2.24) is 10.2 Å². The summed E-state index contributed by atoms with van der Waals surface area (Å²) in [7, 11) is 0. The molecule has 1 N–H and O–H groups in total. The Balaban J connectivity index is 1.73. The van der Waals surface area contributed by atoms with Gasteiger partial charge < -0.3 is 10.1 Å². The van der Waals surface area contributed by atoms with Gasteiger partial charge in [-0.3, -0.25) is 9.69 Å². The molecule has 2 saturated heterocycles. The summed E-state index contributed by atoms with van der Waals surface area (Å²) in [5.74, 6) is 0.176.